The zero-order valence-corrected chi connectivity index (χ0v) is 24.7. The lowest BCUT2D eigenvalue weighted by atomic mass is 9.95. The summed E-state index contributed by atoms with van der Waals surface area (Å²) >= 11 is 10.5. The highest BCUT2D eigenvalue weighted by Gasteiger charge is 2.28. The Labute approximate surface area is 237 Å². The van der Waals surface area contributed by atoms with E-state index in [1.807, 2.05) is 48.8 Å². The Bertz CT molecular complexity index is 1280. The third-order valence-corrected chi connectivity index (χ3v) is 8.42. The second-order valence-corrected chi connectivity index (χ2v) is 12.6. The van der Waals surface area contributed by atoms with Crippen molar-refractivity contribution in [3.8, 4) is 0 Å². The molecule has 0 N–H and O–H groups in total. The molecule has 1 amide bonds. The minimum atomic E-state index is -0.492. The number of piperidine rings is 1. The molecule has 2 aromatic heterocycles. The van der Waals surface area contributed by atoms with Gasteiger partial charge in [0.15, 0.2) is 12.1 Å². The molecule has 0 saturated carbocycles. The van der Waals surface area contributed by atoms with Gasteiger partial charge in [-0.2, -0.15) is 5.10 Å². The lowest BCUT2D eigenvalue weighted by Crippen LogP contribution is -2.43. The number of carbonyl (C=O) groups excluding carboxylic acids is 1. The lowest BCUT2D eigenvalue weighted by molar-refractivity contribution is -0.0366. The van der Waals surface area contributed by atoms with E-state index in [1.54, 1.807) is 0 Å². The predicted molar refractivity (Wildman–Crippen MR) is 149 cm³/mol. The molecule has 38 heavy (non-hydrogen) atoms. The zero-order chi connectivity index (χ0) is 26.9. The first-order valence-corrected chi connectivity index (χ1v) is 14.7. The Morgan fingerprint density at radius 3 is 2.82 bits per heavy atom. The molecule has 2 aliphatic rings. The average Bonchev–Trinajstić information content (AvgIpc) is 3.50. The summed E-state index contributed by atoms with van der Waals surface area (Å²) in [6, 6.07) is 1.99. The fourth-order valence-corrected chi connectivity index (χ4v) is 6.44. The lowest BCUT2D eigenvalue weighted by Gasteiger charge is -2.33. The molecule has 3 aromatic rings. The smallest absolute Gasteiger partial charge is 0.410 e. The minimum absolute atomic E-state index is 0.0388. The molecule has 1 unspecified atom stereocenters. The third kappa shape index (κ3) is 6.37. The summed E-state index contributed by atoms with van der Waals surface area (Å²) in [7, 11) is 0. The van der Waals surface area contributed by atoms with Crippen LogP contribution in [0, 0.1) is 5.92 Å². The molecule has 1 aromatic carbocycles. The molecule has 2 saturated heterocycles. The van der Waals surface area contributed by atoms with Gasteiger partial charge in [-0.25, -0.2) is 14.5 Å². The second kappa shape index (κ2) is 11.6. The molecule has 2 atom stereocenters. The number of benzene rings is 1. The fraction of sp³-hybridized carbons (Fsp3) is 0.607. The molecule has 4 heterocycles. The molecule has 2 fully saturated rings. The number of aromatic nitrogens is 3. The summed E-state index contributed by atoms with van der Waals surface area (Å²) in [5.41, 5.74) is 1.52. The number of ether oxygens (including phenoxy) is 2. The highest BCUT2D eigenvalue weighted by atomic mass is 79.9. The topological polar surface area (TPSA) is 82.6 Å². The van der Waals surface area contributed by atoms with Crippen molar-refractivity contribution in [2.75, 3.05) is 19.7 Å². The average molecular weight is 608 g/mol. The summed E-state index contributed by atoms with van der Waals surface area (Å²) in [6.07, 6.45) is 10.7. The summed E-state index contributed by atoms with van der Waals surface area (Å²) in [5.74, 6) is 1.85. The van der Waals surface area contributed by atoms with Gasteiger partial charge >= 0.3 is 6.09 Å². The van der Waals surface area contributed by atoms with Gasteiger partial charge in [0.1, 0.15) is 11.4 Å². The first-order chi connectivity index (χ1) is 18.2. The van der Waals surface area contributed by atoms with Crippen molar-refractivity contribution in [1.29, 1.82) is 0 Å². The van der Waals surface area contributed by atoms with Crippen molar-refractivity contribution < 1.29 is 18.7 Å². The van der Waals surface area contributed by atoms with Crippen LogP contribution in [-0.4, -0.2) is 51.1 Å². The number of hydrogen-bond acceptors (Lipinski definition) is 6. The third-order valence-electron chi connectivity index (χ3n) is 7.17. The van der Waals surface area contributed by atoms with Crippen molar-refractivity contribution in [1.82, 2.24) is 19.7 Å². The van der Waals surface area contributed by atoms with E-state index < -0.39 is 5.60 Å². The van der Waals surface area contributed by atoms with E-state index in [1.165, 1.54) is 0 Å². The van der Waals surface area contributed by atoms with Crippen LogP contribution in [0.5, 0.6) is 0 Å². The maximum Gasteiger partial charge on any atom is 0.410 e. The number of aryl methyl sites for hydroxylation is 1. The number of carbonyl (C=O) groups is 1. The number of rotatable bonds is 6. The van der Waals surface area contributed by atoms with Gasteiger partial charge in [0.05, 0.1) is 17.9 Å². The maximum absolute atomic E-state index is 12.5. The molecule has 0 radical (unpaired) electrons. The van der Waals surface area contributed by atoms with E-state index in [0.29, 0.717) is 42.6 Å². The molecule has 8 nitrogen and oxygen atoms in total. The van der Waals surface area contributed by atoms with Crippen molar-refractivity contribution in [3.05, 3.63) is 45.2 Å². The van der Waals surface area contributed by atoms with E-state index in [4.69, 9.17) is 25.5 Å². The molecule has 5 rings (SSSR count). The maximum atomic E-state index is 12.5. The summed E-state index contributed by atoms with van der Waals surface area (Å²) in [4.78, 5) is 18.8. The van der Waals surface area contributed by atoms with Crippen LogP contribution in [-0.2, 0) is 28.7 Å². The first-order valence-electron chi connectivity index (χ1n) is 13.5. The second-order valence-electron chi connectivity index (χ2n) is 11.4. The van der Waals surface area contributed by atoms with Crippen LogP contribution in [0.4, 0.5) is 4.79 Å². The van der Waals surface area contributed by atoms with Gasteiger partial charge in [0.2, 0.25) is 0 Å². The number of amides is 1. The van der Waals surface area contributed by atoms with Gasteiger partial charge in [-0.3, -0.25) is 0 Å². The van der Waals surface area contributed by atoms with Crippen LogP contribution in [0.1, 0.15) is 76.3 Å². The van der Waals surface area contributed by atoms with Crippen LogP contribution < -0.4 is 0 Å². The Balaban J connectivity index is 1.21. The van der Waals surface area contributed by atoms with Gasteiger partial charge in [-0.05, 0) is 92.8 Å². The summed E-state index contributed by atoms with van der Waals surface area (Å²) in [5, 5.41) is 6.35. The number of oxazole rings is 1. The van der Waals surface area contributed by atoms with E-state index in [0.717, 1.165) is 72.0 Å². The quantitative estimate of drug-likeness (QED) is 0.297. The SMILES string of the molecule is CC(C)(C)OC(=O)N1CCC[C@@H](Cc2ncc(CCc3c(Cl)cc4c(cnn4C4CCCCO4)c3Br)o2)C1. The minimum Gasteiger partial charge on any atom is -0.446 e. The standard InChI is InChI=1S/C28H36BrClN4O4/c1-28(2,3)38-27(35)33-11-6-7-18(17-33)13-24-31-15-19(37-24)9-10-20-22(30)14-23-21(26(20)29)16-32-34(23)25-8-4-5-12-36-25/h14-16,18,25H,4-13,17H2,1-3H3/t18-,25?/m0/s1. The normalized spacial score (nSPS) is 20.7. The largest absolute Gasteiger partial charge is 0.446 e. The Kier molecular flexibility index (Phi) is 8.36. The van der Waals surface area contributed by atoms with E-state index in [-0.39, 0.29) is 12.3 Å². The summed E-state index contributed by atoms with van der Waals surface area (Å²) < 4.78 is 20.5. The van der Waals surface area contributed by atoms with Crippen LogP contribution in [0.3, 0.4) is 0 Å². The van der Waals surface area contributed by atoms with Gasteiger partial charge in [0.25, 0.3) is 0 Å². The number of nitrogens with zero attached hydrogens (tertiary/aromatic N) is 4. The van der Waals surface area contributed by atoms with Gasteiger partial charge in [-0.15, -0.1) is 0 Å². The molecule has 10 heteroatoms. The molecule has 206 valence electrons. The number of fused-ring (bicyclic) bond motifs is 1. The van der Waals surface area contributed by atoms with Gasteiger partial charge in [0, 0.05) is 47.4 Å². The van der Waals surface area contributed by atoms with E-state index >= 15 is 0 Å². The highest BCUT2D eigenvalue weighted by molar-refractivity contribution is 9.10. The fourth-order valence-electron chi connectivity index (χ4n) is 5.31. The Morgan fingerprint density at radius 2 is 2.05 bits per heavy atom. The van der Waals surface area contributed by atoms with Crippen molar-refractivity contribution >= 4 is 44.5 Å². The van der Waals surface area contributed by atoms with E-state index in [2.05, 4.69) is 26.0 Å². The molecule has 0 spiro atoms. The van der Waals surface area contributed by atoms with Gasteiger partial charge in [-0.1, -0.05) is 11.6 Å². The monoisotopic (exact) mass is 606 g/mol. The molecule has 0 bridgehead atoms. The highest BCUT2D eigenvalue weighted by Crippen LogP contribution is 2.36. The van der Waals surface area contributed by atoms with Crippen LogP contribution in [0.2, 0.25) is 5.02 Å². The number of hydrogen-bond donors (Lipinski definition) is 0. The first kappa shape index (κ1) is 27.5. The van der Waals surface area contributed by atoms with Crippen molar-refractivity contribution in [2.45, 2.75) is 84.0 Å². The molecule has 2 aliphatic heterocycles. The zero-order valence-electron chi connectivity index (χ0n) is 22.3. The Morgan fingerprint density at radius 1 is 1.21 bits per heavy atom. The van der Waals surface area contributed by atoms with Crippen LogP contribution in [0.15, 0.2) is 27.3 Å². The molecular weight excluding hydrogens is 572 g/mol. The number of halogens is 2. The van der Waals surface area contributed by atoms with Crippen molar-refractivity contribution in [2.24, 2.45) is 5.92 Å². The molecular formula is C28H36BrClN4O4. The Hall–Kier alpha value is -2.10. The van der Waals surface area contributed by atoms with Crippen LogP contribution >= 0.6 is 27.5 Å². The van der Waals surface area contributed by atoms with Gasteiger partial charge < -0.3 is 18.8 Å². The number of likely N-dealkylation sites (tertiary alicyclic amines) is 1. The van der Waals surface area contributed by atoms with Crippen LogP contribution in [0.25, 0.3) is 10.9 Å². The summed E-state index contributed by atoms with van der Waals surface area (Å²) in [6.45, 7) is 7.84. The van der Waals surface area contributed by atoms with Crippen molar-refractivity contribution in [3.63, 3.8) is 0 Å². The predicted octanol–water partition coefficient (Wildman–Crippen LogP) is 7.11. The van der Waals surface area contributed by atoms with E-state index in [9.17, 15) is 4.79 Å². The molecule has 0 aliphatic carbocycles.